The Morgan fingerprint density at radius 2 is 1.92 bits per heavy atom. The van der Waals surface area contributed by atoms with Crippen LogP contribution in [0, 0.1) is 5.92 Å². The van der Waals surface area contributed by atoms with Crippen LogP contribution in [0.5, 0.6) is 0 Å². The van der Waals surface area contributed by atoms with Crippen LogP contribution >= 0.6 is 11.3 Å². The van der Waals surface area contributed by atoms with Crippen LogP contribution in [-0.4, -0.2) is 4.98 Å². The van der Waals surface area contributed by atoms with Gasteiger partial charge in [0.1, 0.15) is 0 Å². The predicted molar refractivity (Wildman–Crippen MR) is 58.0 cm³/mol. The van der Waals surface area contributed by atoms with Crippen molar-refractivity contribution in [1.29, 1.82) is 0 Å². The van der Waals surface area contributed by atoms with Crippen molar-refractivity contribution in [2.75, 3.05) is 0 Å². The molecule has 0 spiro atoms. The summed E-state index contributed by atoms with van der Waals surface area (Å²) >= 11 is 1.74. The van der Waals surface area contributed by atoms with E-state index in [0.717, 1.165) is 0 Å². The number of aromatic nitrogens is 1. The fourth-order valence-corrected chi connectivity index (χ4v) is 2.10. The van der Waals surface area contributed by atoms with Gasteiger partial charge in [-0.25, -0.2) is 4.98 Å². The van der Waals surface area contributed by atoms with Gasteiger partial charge in [0, 0.05) is 23.0 Å². The van der Waals surface area contributed by atoms with E-state index in [1.54, 1.807) is 11.3 Å². The van der Waals surface area contributed by atoms with E-state index in [1.807, 2.05) is 13.1 Å². The van der Waals surface area contributed by atoms with Crippen molar-refractivity contribution >= 4 is 11.3 Å². The number of rotatable bonds is 3. The Morgan fingerprint density at radius 3 is 2.31 bits per heavy atom. The molecular formula is C10H18N2S. The van der Waals surface area contributed by atoms with Gasteiger partial charge in [-0.1, -0.05) is 20.8 Å². The van der Waals surface area contributed by atoms with Gasteiger partial charge >= 0.3 is 0 Å². The van der Waals surface area contributed by atoms with Gasteiger partial charge < -0.3 is 5.73 Å². The van der Waals surface area contributed by atoms with Crippen LogP contribution in [0.15, 0.2) is 6.20 Å². The maximum Gasteiger partial charge on any atom is 0.0958 e. The lowest BCUT2D eigenvalue weighted by Crippen LogP contribution is -2.02. The van der Waals surface area contributed by atoms with Gasteiger partial charge in [-0.05, 0) is 12.8 Å². The predicted octanol–water partition coefficient (Wildman–Crippen LogP) is 2.92. The molecule has 13 heavy (non-hydrogen) atoms. The molecule has 0 radical (unpaired) electrons. The maximum absolute atomic E-state index is 5.77. The fourth-order valence-electron chi connectivity index (χ4n) is 1.01. The summed E-state index contributed by atoms with van der Waals surface area (Å²) in [7, 11) is 0. The molecule has 1 aromatic rings. The molecule has 2 unspecified atom stereocenters. The summed E-state index contributed by atoms with van der Waals surface area (Å²) in [6.07, 6.45) is 1.91. The third-order valence-corrected chi connectivity index (χ3v) is 3.78. The fraction of sp³-hybridized carbons (Fsp3) is 0.700. The molecule has 2 N–H and O–H groups in total. The van der Waals surface area contributed by atoms with E-state index in [9.17, 15) is 0 Å². The molecule has 2 nitrogen and oxygen atoms in total. The number of thiazole rings is 1. The van der Waals surface area contributed by atoms with Crippen molar-refractivity contribution < 1.29 is 0 Å². The van der Waals surface area contributed by atoms with Crippen LogP contribution < -0.4 is 5.73 Å². The van der Waals surface area contributed by atoms with Crippen molar-refractivity contribution in [3.8, 4) is 0 Å². The second-order valence-corrected chi connectivity index (χ2v) is 5.02. The topological polar surface area (TPSA) is 38.9 Å². The first-order chi connectivity index (χ1) is 6.02. The Labute approximate surface area is 84.2 Å². The molecule has 1 rings (SSSR count). The number of nitrogens with two attached hydrogens (primary N) is 1. The largest absolute Gasteiger partial charge is 0.323 e. The third kappa shape index (κ3) is 2.51. The van der Waals surface area contributed by atoms with Crippen LogP contribution in [-0.2, 0) is 0 Å². The first kappa shape index (κ1) is 10.7. The molecule has 0 saturated heterocycles. The highest BCUT2D eigenvalue weighted by Gasteiger charge is 2.14. The third-order valence-electron chi connectivity index (χ3n) is 2.38. The Balaban J connectivity index is 2.79. The SMILES string of the molecule is CC(N)c1cnc(C(C)C(C)C)s1. The van der Waals surface area contributed by atoms with E-state index < -0.39 is 0 Å². The molecule has 1 heterocycles. The van der Waals surface area contributed by atoms with Crippen LogP contribution in [0.3, 0.4) is 0 Å². The minimum absolute atomic E-state index is 0.116. The zero-order valence-corrected chi connectivity index (χ0v) is 9.56. The molecule has 0 aromatic carbocycles. The highest BCUT2D eigenvalue weighted by atomic mass is 32.1. The van der Waals surface area contributed by atoms with Gasteiger partial charge in [-0.2, -0.15) is 0 Å². The van der Waals surface area contributed by atoms with Gasteiger partial charge in [0.15, 0.2) is 0 Å². The Hall–Kier alpha value is -0.410. The summed E-state index contributed by atoms with van der Waals surface area (Å²) in [6, 6.07) is 0.116. The lowest BCUT2D eigenvalue weighted by atomic mass is 9.99. The maximum atomic E-state index is 5.77. The first-order valence-corrected chi connectivity index (χ1v) is 5.55. The molecule has 0 fully saturated rings. The smallest absolute Gasteiger partial charge is 0.0958 e. The second-order valence-electron chi connectivity index (χ2n) is 3.92. The molecule has 0 saturated carbocycles. The van der Waals surface area contributed by atoms with Gasteiger partial charge in [0.05, 0.1) is 5.01 Å². The van der Waals surface area contributed by atoms with E-state index >= 15 is 0 Å². The summed E-state index contributed by atoms with van der Waals surface area (Å²) in [6.45, 7) is 8.65. The molecule has 3 heteroatoms. The van der Waals surface area contributed by atoms with Gasteiger partial charge in [-0.3, -0.25) is 0 Å². The van der Waals surface area contributed by atoms with Crippen LogP contribution in [0.25, 0.3) is 0 Å². The second kappa shape index (κ2) is 4.20. The minimum Gasteiger partial charge on any atom is -0.323 e. The van der Waals surface area contributed by atoms with E-state index in [4.69, 9.17) is 5.73 Å². The summed E-state index contributed by atoms with van der Waals surface area (Å²) in [4.78, 5) is 5.58. The number of hydrogen-bond acceptors (Lipinski definition) is 3. The Kier molecular flexibility index (Phi) is 3.45. The van der Waals surface area contributed by atoms with Crippen molar-refractivity contribution in [3.63, 3.8) is 0 Å². The summed E-state index contributed by atoms with van der Waals surface area (Å²) in [5.74, 6) is 1.18. The molecule has 0 aliphatic carbocycles. The molecule has 0 aliphatic heterocycles. The number of hydrogen-bond donors (Lipinski definition) is 1. The van der Waals surface area contributed by atoms with E-state index in [0.29, 0.717) is 11.8 Å². The molecule has 0 aliphatic rings. The first-order valence-electron chi connectivity index (χ1n) is 4.73. The van der Waals surface area contributed by atoms with Crippen LogP contribution in [0.1, 0.15) is 49.5 Å². The summed E-state index contributed by atoms with van der Waals surface area (Å²) < 4.78 is 0. The van der Waals surface area contributed by atoms with Gasteiger partial charge in [0.25, 0.3) is 0 Å². The Bertz CT molecular complexity index is 266. The van der Waals surface area contributed by atoms with Crippen molar-refractivity contribution in [1.82, 2.24) is 4.98 Å². The minimum atomic E-state index is 0.116. The molecule has 74 valence electrons. The zero-order chi connectivity index (χ0) is 10.0. The molecule has 0 bridgehead atoms. The molecule has 2 atom stereocenters. The highest BCUT2D eigenvalue weighted by molar-refractivity contribution is 7.11. The molecular weight excluding hydrogens is 180 g/mol. The summed E-state index contributed by atoms with van der Waals surface area (Å²) in [5, 5.41) is 1.21. The quantitative estimate of drug-likeness (QED) is 0.811. The molecule has 1 aromatic heterocycles. The zero-order valence-electron chi connectivity index (χ0n) is 8.74. The van der Waals surface area contributed by atoms with Crippen molar-refractivity contribution in [3.05, 3.63) is 16.1 Å². The van der Waals surface area contributed by atoms with Crippen molar-refractivity contribution in [2.45, 2.75) is 39.7 Å². The van der Waals surface area contributed by atoms with E-state index in [1.165, 1.54) is 9.88 Å². The van der Waals surface area contributed by atoms with E-state index in [-0.39, 0.29) is 6.04 Å². The van der Waals surface area contributed by atoms with Crippen molar-refractivity contribution in [2.24, 2.45) is 11.7 Å². The standard InChI is InChI=1S/C10H18N2S/c1-6(2)7(3)10-12-5-9(13-10)8(4)11/h5-8H,11H2,1-4H3. The normalized spacial score (nSPS) is 16.2. The average Bonchev–Trinajstić information content (AvgIpc) is 2.50. The van der Waals surface area contributed by atoms with Gasteiger partial charge in [0.2, 0.25) is 0 Å². The molecule has 0 amide bonds. The van der Waals surface area contributed by atoms with Crippen LogP contribution in [0.2, 0.25) is 0 Å². The lowest BCUT2D eigenvalue weighted by Gasteiger charge is -2.11. The van der Waals surface area contributed by atoms with Crippen LogP contribution in [0.4, 0.5) is 0 Å². The monoisotopic (exact) mass is 198 g/mol. The highest BCUT2D eigenvalue weighted by Crippen LogP contribution is 2.29. The van der Waals surface area contributed by atoms with Gasteiger partial charge in [-0.15, -0.1) is 11.3 Å². The number of nitrogens with zero attached hydrogens (tertiary/aromatic N) is 1. The van der Waals surface area contributed by atoms with E-state index in [2.05, 4.69) is 25.8 Å². The Morgan fingerprint density at radius 1 is 1.31 bits per heavy atom. The summed E-state index contributed by atoms with van der Waals surface area (Å²) in [5.41, 5.74) is 5.77. The average molecular weight is 198 g/mol. The lowest BCUT2D eigenvalue weighted by molar-refractivity contribution is 0.533.